The maximum absolute atomic E-state index is 11.4. The van der Waals surface area contributed by atoms with Crippen LogP contribution in [0.3, 0.4) is 0 Å². The van der Waals surface area contributed by atoms with Crippen molar-refractivity contribution >= 4 is 33.3 Å². The second-order valence-corrected chi connectivity index (χ2v) is 5.33. The molecule has 0 spiro atoms. The van der Waals surface area contributed by atoms with E-state index >= 15 is 0 Å². The second kappa shape index (κ2) is 6.01. The molecule has 1 aromatic rings. The van der Waals surface area contributed by atoms with Crippen molar-refractivity contribution in [1.29, 1.82) is 0 Å². The van der Waals surface area contributed by atoms with Gasteiger partial charge in [0.15, 0.2) is 0 Å². The molecule has 1 aromatic carbocycles. The lowest BCUT2D eigenvalue weighted by molar-refractivity contribution is -0.131. The number of carboxylic acids is 1. The van der Waals surface area contributed by atoms with Crippen molar-refractivity contribution in [2.24, 2.45) is 0 Å². The molecule has 0 aliphatic heterocycles. The van der Waals surface area contributed by atoms with Gasteiger partial charge >= 0.3 is 5.97 Å². The maximum Gasteiger partial charge on any atom is 0.328 e. The number of hydrogen-bond donors (Lipinski definition) is 3. The van der Waals surface area contributed by atoms with Gasteiger partial charge in [0.1, 0.15) is 0 Å². The summed E-state index contributed by atoms with van der Waals surface area (Å²) >= 11 is 0. The smallest absolute Gasteiger partial charge is 0.328 e. The van der Waals surface area contributed by atoms with Crippen molar-refractivity contribution in [1.82, 2.24) is 0 Å². The third kappa shape index (κ3) is 5.68. The van der Waals surface area contributed by atoms with Crippen LogP contribution in [0.1, 0.15) is 0 Å². The summed E-state index contributed by atoms with van der Waals surface area (Å²) in [7, 11) is -3.47. The molecule has 3 N–H and O–H groups in total. The maximum atomic E-state index is 11.4. The summed E-state index contributed by atoms with van der Waals surface area (Å²) < 4.78 is 24.5. The number of nitrogens with one attached hydrogen (secondary N) is 2. The van der Waals surface area contributed by atoms with Gasteiger partial charge in [0.25, 0.3) is 0 Å². The van der Waals surface area contributed by atoms with Crippen molar-refractivity contribution in [2.45, 2.75) is 0 Å². The van der Waals surface area contributed by atoms with Crippen LogP contribution in [0.4, 0.5) is 11.4 Å². The summed E-state index contributed by atoms with van der Waals surface area (Å²) in [6.07, 6.45) is 2.50. The van der Waals surface area contributed by atoms with Gasteiger partial charge < -0.3 is 10.4 Å². The number of amides is 1. The van der Waals surface area contributed by atoms with E-state index in [4.69, 9.17) is 5.11 Å². The van der Waals surface area contributed by atoms with Gasteiger partial charge in [0, 0.05) is 12.2 Å². The van der Waals surface area contributed by atoms with E-state index in [1.807, 2.05) is 0 Å². The summed E-state index contributed by atoms with van der Waals surface area (Å²) in [6, 6.07) is 6.15. The summed E-state index contributed by atoms with van der Waals surface area (Å²) in [5, 5.41) is 10.7. The fraction of sp³-hybridized carbons (Fsp3) is 0.0909. The highest BCUT2D eigenvalue weighted by Crippen LogP contribution is 2.21. The second-order valence-electron chi connectivity index (χ2n) is 3.58. The van der Waals surface area contributed by atoms with E-state index in [0.717, 1.165) is 12.3 Å². The molecule has 102 valence electrons. The molecule has 0 saturated heterocycles. The Kier molecular flexibility index (Phi) is 4.65. The van der Waals surface area contributed by atoms with E-state index in [2.05, 4.69) is 10.0 Å². The SMILES string of the molecule is CS(=O)(=O)Nc1ccccc1NC(=O)/C=C/C(=O)O. The zero-order chi connectivity index (χ0) is 14.5. The minimum absolute atomic E-state index is 0.196. The third-order valence-electron chi connectivity index (χ3n) is 1.86. The lowest BCUT2D eigenvalue weighted by atomic mass is 10.2. The first kappa shape index (κ1) is 14.7. The molecule has 0 fully saturated rings. The van der Waals surface area contributed by atoms with E-state index in [1.165, 1.54) is 12.1 Å². The lowest BCUT2D eigenvalue weighted by Crippen LogP contribution is -2.14. The van der Waals surface area contributed by atoms with Crippen LogP contribution in [-0.4, -0.2) is 31.7 Å². The minimum atomic E-state index is -3.47. The molecule has 0 heterocycles. The van der Waals surface area contributed by atoms with Crippen LogP contribution in [0, 0.1) is 0 Å². The number of rotatable bonds is 5. The molecule has 8 heteroatoms. The predicted molar refractivity (Wildman–Crippen MR) is 70.3 cm³/mol. The Morgan fingerprint density at radius 2 is 1.74 bits per heavy atom. The van der Waals surface area contributed by atoms with Crippen molar-refractivity contribution in [3.05, 3.63) is 36.4 Å². The molecule has 0 bridgehead atoms. The molecule has 0 aliphatic carbocycles. The fourth-order valence-corrected chi connectivity index (χ4v) is 1.78. The molecule has 1 rings (SSSR count). The van der Waals surface area contributed by atoms with Crippen molar-refractivity contribution in [2.75, 3.05) is 16.3 Å². The zero-order valence-corrected chi connectivity index (χ0v) is 10.8. The number of anilines is 2. The van der Waals surface area contributed by atoms with Crippen LogP contribution in [0.15, 0.2) is 36.4 Å². The number of hydrogen-bond acceptors (Lipinski definition) is 4. The highest BCUT2D eigenvalue weighted by Gasteiger charge is 2.08. The van der Waals surface area contributed by atoms with Crippen LogP contribution >= 0.6 is 0 Å². The summed E-state index contributed by atoms with van der Waals surface area (Å²) in [5.74, 6) is -1.93. The van der Waals surface area contributed by atoms with Crippen LogP contribution in [-0.2, 0) is 19.6 Å². The third-order valence-corrected chi connectivity index (χ3v) is 2.45. The summed E-state index contributed by atoms with van der Waals surface area (Å²) in [4.78, 5) is 21.6. The van der Waals surface area contributed by atoms with Gasteiger partial charge in [-0.25, -0.2) is 13.2 Å². The van der Waals surface area contributed by atoms with Gasteiger partial charge in [0.2, 0.25) is 15.9 Å². The largest absolute Gasteiger partial charge is 0.478 e. The Hall–Kier alpha value is -2.35. The van der Waals surface area contributed by atoms with Gasteiger partial charge in [0.05, 0.1) is 17.6 Å². The molecule has 19 heavy (non-hydrogen) atoms. The summed E-state index contributed by atoms with van der Waals surface area (Å²) in [6.45, 7) is 0. The number of benzene rings is 1. The molecule has 0 aromatic heterocycles. The molecule has 1 amide bonds. The van der Waals surface area contributed by atoms with E-state index in [-0.39, 0.29) is 11.4 Å². The quantitative estimate of drug-likeness (QED) is 0.687. The average molecular weight is 284 g/mol. The minimum Gasteiger partial charge on any atom is -0.478 e. The average Bonchev–Trinajstić information content (AvgIpc) is 2.27. The molecular formula is C11H12N2O5S. The molecule has 0 atom stereocenters. The molecule has 0 radical (unpaired) electrons. The monoisotopic (exact) mass is 284 g/mol. The Balaban J connectivity index is 2.90. The van der Waals surface area contributed by atoms with Crippen LogP contribution < -0.4 is 10.0 Å². The first-order chi connectivity index (χ1) is 8.78. The standard InChI is InChI=1S/C11H12N2O5S/c1-19(17,18)13-9-5-3-2-4-8(9)12-10(14)6-7-11(15)16/h2-7,13H,1H3,(H,12,14)(H,15,16)/b7-6+. The molecule has 7 nitrogen and oxygen atoms in total. The predicted octanol–water partition coefficient (Wildman–Crippen LogP) is 0.637. The number of aliphatic carboxylic acids is 1. The molecular weight excluding hydrogens is 272 g/mol. The Morgan fingerprint density at radius 1 is 1.16 bits per heavy atom. The number of para-hydroxylation sites is 2. The molecule has 0 saturated carbocycles. The van der Waals surface area contributed by atoms with Gasteiger partial charge in [-0.3, -0.25) is 9.52 Å². The van der Waals surface area contributed by atoms with E-state index in [0.29, 0.717) is 6.08 Å². The highest BCUT2D eigenvalue weighted by atomic mass is 32.2. The van der Waals surface area contributed by atoms with Gasteiger partial charge in [-0.05, 0) is 12.1 Å². The van der Waals surface area contributed by atoms with E-state index in [1.54, 1.807) is 12.1 Å². The highest BCUT2D eigenvalue weighted by molar-refractivity contribution is 7.92. The Bertz CT molecular complexity index is 622. The van der Waals surface area contributed by atoms with Gasteiger partial charge in [-0.2, -0.15) is 0 Å². The first-order valence-electron chi connectivity index (χ1n) is 5.07. The normalized spacial score (nSPS) is 11.2. The van der Waals surface area contributed by atoms with Crippen LogP contribution in [0.5, 0.6) is 0 Å². The number of carboxylic acid groups (broad SMARTS) is 1. The fourth-order valence-electron chi connectivity index (χ4n) is 1.20. The van der Waals surface area contributed by atoms with Crippen LogP contribution in [0.2, 0.25) is 0 Å². The van der Waals surface area contributed by atoms with Crippen molar-refractivity contribution in [3.8, 4) is 0 Å². The van der Waals surface area contributed by atoms with Crippen molar-refractivity contribution < 1.29 is 23.1 Å². The molecule has 0 unspecified atom stereocenters. The topological polar surface area (TPSA) is 113 Å². The van der Waals surface area contributed by atoms with Gasteiger partial charge in [-0.15, -0.1) is 0 Å². The number of carbonyl (C=O) groups is 2. The summed E-state index contributed by atoms with van der Waals surface area (Å²) in [5.41, 5.74) is 0.426. The van der Waals surface area contributed by atoms with Gasteiger partial charge in [-0.1, -0.05) is 12.1 Å². The van der Waals surface area contributed by atoms with Crippen LogP contribution in [0.25, 0.3) is 0 Å². The Labute approximate surface area is 110 Å². The zero-order valence-electron chi connectivity index (χ0n) is 9.95. The number of sulfonamides is 1. The van der Waals surface area contributed by atoms with E-state index in [9.17, 15) is 18.0 Å². The first-order valence-corrected chi connectivity index (χ1v) is 6.96. The molecule has 0 aliphatic rings. The van der Waals surface area contributed by atoms with E-state index < -0.39 is 21.9 Å². The lowest BCUT2D eigenvalue weighted by Gasteiger charge is -2.10. The van der Waals surface area contributed by atoms with Crippen molar-refractivity contribution in [3.63, 3.8) is 0 Å². The Morgan fingerprint density at radius 3 is 2.26 bits per heavy atom. The number of carbonyl (C=O) groups excluding carboxylic acids is 1.